The van der Waals surface area contributed by atoms with Crippen LogP contribution in [0.5, 0.6) is 0 Å². The van der Waals surface area contributed by atoms with Crippen LogP contribution in [0.3, 0.4) is 0 Å². The fraction of sp³-hybridized carbons (Fsp3) is 0.130. The Morgan fingerprint density at radius 2 is 1.50 bits per heavy atom. The lowest BCUT2D eigenvalue weighted by Gasteiger charge is -2.13. The number of benzene rings is 3. The van der Waals surface area contributed by atoms with Crippen LogP contribution in [0.1, 0.15) is 0 Å². The maximum atomic E-state index is 13.1. The molecule has 1 N–H and O–H groups in total. The third kappa shape index (κ3) is 3.19. The largest absolute Gasteiger partial charge is 0.437 e. The minimum Gasteiger partial charge on any atom is -0.389 e. The van der Waals surface area contributed by atoms with Crippen molar-refractivity contribution in [1.82, 2.24) is 14.3 Å². The van der Waals surface area contributed by atoms with Crippen LogP contribution in [0.2, 0.25) is 0 Å². The van der Waals surface area contributed by atoms with E-state index in [1.54, 1.807) is 0 Å². The molecule has 1 atom stereocenters. The second-order valence-electron chi connectivity index (χ2n) is 7.16. The smallest absolute Gasteiger partial charge is 0.389 e. The Hall–Kier alpha value is -3.71. The first-order chi connectivity index (χ1) is 14.6. The summed E-state index contributed by atoms with van der Waals surface area (Å²) in [6.07, 6.45) is -0.868. The molecule has 0 spiro atoms. The van der Waals surface area contributed by atoms with Gasteiger partial charge in [-0.2, -0.15) is 4.68 Å². The molecule has 0 unspecified atom stereocenters. The number of aromatic nitrogens is 3. The molecular weight excluding hydrogens is 385 g/mol. The van der Waals surface area contributed by atoms with Gasteiger partial charge >= 0.3 is 5.76 Å². The fourth-order valence-corrected chi connectivity index (χ4v) is 3.80. The van der Waals surface area contributed by atoms with E-state index in [1.807, 2.05) is 41.0 Å². The molecule has 3 aromatic carbocycles. The van der Waals surface area contributed by atoms with E-state index in [2.05, 4.69) is 17.2 Å². The predicted octanol–water partition coefficient (Wildman–Crippen LogP) is 3.81. The Balaban J connectivity index is 1.44. The van der Waals surface area contributed by atoms with Gasteiger partial charge in [0.15, 0.2) is 0 Å². The first kappa shape index (κ1) is 18.3. The van der Waals surface area contributed by atoms with Crippen LogP contribution in [0.15, 0.2) is 82.0 Å². The van der Waals surface area contributed by atoms with Gasteiger partial charge in [-0.1, -0.05) is 36.4 Å². The quantitative estimate of drug-likeness (QED) is 0.484. The molecule has 7 heteroatoms. The van der Waals surface area contributed by atoms with Gasteiger partial charge in [0.05, 0.1) is 19.2 Å². The van der Waals surface area contributed by atoms with Crippen LogP contribution < -0.4 is 5.76 Å². The molecule has 5 aromatic rings. The topological polar surface area (TPSA) is 73.2 Å². The molecule has 0 aliphatic heterocycles. The lowest BCUT2D eigenvalue weighted by Crippen LogP contribution is -2.27. The summed E-state index contributed by atoms with van der Waals surface area (Å²) in [5, 5.41) is 17.1. The molecule has 0 amide bonds. The zero-order chi connectivity index (χ0) is 20.7. The number of hydrogen-bond acceptors (Lipinski definition) is 4. The highest BCUT2D eigenvalue weighted by Gasteiger charge is 2.17. The van der Waals surface area contributed by atoms with Gasteiger partial charge in [0, 0.05) is 27.4 Å². The number of rotatable bonds is 5. The molecule has 0 bridgehead atoms. The van der Waals surface area contributed by atoms with Gasteiger partial charge in [0.2, 0.25) is 5.89 Å². The molecular formula is C23H18FN3O3. The molecule has 5 rings (SSSR count). The maximum Gasteiger partial charge on any atom is 0.437 e. The maximum absolute atomic E-state index is 13.1. The van der Waals surface area contributed by atoms with Crippen LogP contribution in [-0.4, -0.2) is 25.6 Å². The number of nitrogens with zero attached hydrogens (tertiary/aromatic N) is 3. The van der Waals surface area contributed by atoms with E-state index in [1.165, 1.54) is 24.3 Å². The monoisotopic (exact) mass is 403 g/mol. The Kier molecular flexibility index (Phi) is 4.44. The summed E-state index contributed by atoms with van der Waals surface area (Å²) in [5.74, 6) is -0.971. The fourth-order valence-electron chi connectivity index (χ4n) is 3.80. The minimum absolute atomic E-state index is 0.0235. The molecule has 0 fully saturated rings. The number of halogens is 1. The summed E-state index contributed by atoms with van der Waals surface area (Å²) in [6, 6.07) is 21.5. The second kappa shape index (κ2) is 7.27. The van der Waals surface area contributed by atoms with Crippen molar-refractivity contribution in [3.05, 3.63) is 89.2 Å². The van der Waals surface area contributed by atoms with E-state index in [0.29, 0.717) is 12.1 Å². The SMILES string of the molecule is O=c1oc(-c2ccc(F)cc2)nn1C[C@@H](O)Cn1c2ccccc2c2ccccc21. The Morgan fingerprint density at radius 3 is 2.13 bits per heavy atom. The van der Waals surface area contributed by atoms with Gasteiger partial charge in [-0.05, 0) is 36.4 Å². The zero-order valence-corrected chi connectivity index (χ0v) is 15.9. The van der Waals surface area contributed by atoms with Gasteiger partial charge < -0.3 is 14.1 Å². The van der Waals surface area contributed by atoms with Crippen molar-refractivity contribution in [1.29, 1.82) is 0 Å². The van der Waals surface area contributed by atoms with Crippen LogP contribution >= 0.6 is 0 Å². The first-order valence-electron chi connectivity index (χ1n) is 9.58. The van der Waals surface area contributed by atoms with Crippen LogP contribution in [-0.2, 0) is 13.1 Å². The number of hydrogen-bond donors (Lipinski definition) is 1. The van der Waals surface area contributed by atoms with Crippen molar-refractivity contribution < 1.29 is 13.9 Å². The second-order valence-corrected chi connectivity index (χ2v) is 7.16. The van der Waals surface area contributed by atoms with Gasteiger partial charge in [-0.15, -0.1) is 5.10 Å². The summed E-state index contributed by atoms with van der Waals surface area (Å²) in [4.78, 5) is 12.2. The Labute approximate surface area is 170 Å². The van der Waals surface area contributed by atoms with Crippen molar-refractivity contribution in [2.45, 2.75) is 19.2 Å². The summed E-state index contributed by atoms with van der Waals surface area (Å²) in [7, 11) is 0. The third-order valence-electron chi connectivity index (χ3n) is 5.15. The van der Waals surface area contributed by atoms with Gasteiger partial charge in [-0.25, -0.2) is 9.18 Å². The van der Waals surface area contributed by atoms with E-state index < -0.39 is 11.9 Å². The molecule has 30 heavy (non-hydrogen) atoms. The van der Waals surface area contributed by atoms with E-state index in [0.717, 1.165) is 26.5 Å². The summed E-state index contributed by atoms with van der Waals surface area (Å²) < 4.78 is 21.4. The van der Waals surface area contributed by atoms with Crippen molar-refractivity contribution >= 4 is 21.8 Å². The Bertz CT molecular complexity index is 1350. The molecule has 0 aliphatic rings. The summed E-state index contributed by atoms with van der Waals surface area (Å²) in [5.41, 5.74) is 2.51. The highest BCUT2D eigenvalue weighted by molar-refractivity contribution is 6.07. The predicted molar refractivity (Wildman–Crippen MR) is 112 cm³/mol. The molecule has 0 aliphatic carbocycles. The number of aliphatic hydroxyl groups is 1. The minimum atomic E-state index is -0.868. The highest BCUT2D eigenvalue weighted by Crippen LogP contribution is 2.29. The van der Waals surface area contributed by atoms with Crippen molar-refractivity contribution in [2.75, 3.05) is 0 Å². The van der Waals surface area contributed by atoms with E-state index in [-0.39, 0.29) is 18.3 Å². The normalized spacial score (nSPS) is 12.6. The van der Waals surface area contributed by atoms with Crippen molar-refractivity contribution in [2.24, 2.45) is 0 Å². The lowest BCUT2D eigenvalue weighted by molar-refractivity contribution is 0.130. The van der Waals surface area contributed by atoms with Crippen LogP contribution in [0, 0.1) is 5.82 Å². The Morgan fingerprint density at radius 1 is 0.900 bits per heavy atom. The standard InChI is InChI=1S/C23H18FN3O3/c24-16-11-9-15(10-12-16)22-25-27(23(29)30-22)14-17(28)13-26-20-7-3-1-5-18(20)19-6-2-4-8-21(19)26/h1-12,17,28H,13-14H2/t17-/m0/s1. The number of para-hydroxylation sites is 2. The van der Waals surface area contributed by atoms with Crippen LogP contribution in [0.25, 0.3) is 33.3 Å². The van der Waals surface area contributed by atoms with Crippen LogP contribution in [0.4, 0.5) is 4.39 Å². The average Bonchev–Trinajstić information content (AvgIpc) is 3.27. The van der Waals surface area contributed by atoms with E-state index >= 15 is 0 Å². The average molecular weight is 403 g/mol. The molecule has 0 radical (unpaired) electrons. The molecule has 6 nitrogen and oxygen atoms in total. The van der Waals surface area contributed by atoms with Gasteiger partial charge in [-0.3, -0.25) is 0 Å². The lowest BCUT2D eigenvalue weighted by atomic mass is 10.2. The number of fused-ring (bicyclic) bond motifs is 3. The van der Waals surface area contributed by atoms with Gasteiger partial charge in [0.25, 0.3) is 0 Å². The van der Waals surface area contributed by atoms with Gasteiger partial charge in [0.1, 0.15) is 5.82 Å². The van der Waals surface area contributed by atoms with E-state index in [9.17, 15) is 14.3 Å². The first-order valence-corrected chi connectivity index (χ1v) is 9.58. The molecule has 150 valence electrons. The van der Waals surface area contributed by atoms with Crippen molar-refractivity contribution in [3.63, 3.8) is 0 Å². The molecule has 2 heterocycles. The van der Waals surface area contributed by atoms with Crippen molar-refractivity contribution in [3.8, 4) is 11.5 Å². The highest BCUT2D eigenvalue weighted by atomic mass is 19.1. The summed E-state index contributed by atoms with van der Waals surface area (Å²) >= 11 is 0. The number of aliphatic hydroxyl groups excluding tert-OH is 1. The summed E-state index contributed by atoms with van der Waals surface area (Å²) in [6.45, 7) is 0.267. The molecule has 0 saturated heterocycles. The van der Waals surface area contributed by atoms with E-state index in [4.69, 9.17) is 4.42 Å². The zero-order valence-electron chi connectivity index (χ0n) is 15.9. The molecule has 2 aromatic heterocycles. The molecule has 0 saturated carbocycles. The third-order valence-corrected chi connectivity index (χ3v) is 5.15.